The Labute approximate surface area is 197 Å². The lowest BCUT2D eigenvalue weighted by molar-refractivity contribution is 0.414. The molecule has 0 amide bonds. The minimum absolute atomic E-state index is 0.127. The maximum absolute atomic E-state index is 11.3. The van der Waals surface area contributed by atoms with Crippen LogP contribution in [-0.4, -0.2) is 27.7 Å². The molecule has 0 saturated carbocycles. The third kappa shape index (κ3) is 4.15. The molecule has 1 aliphatic rings. The Hall–Kier alpha value is -3.83. The molecule has 1 aromatic heterocycles. The number of aromatic nitrogens is 2. The first kappa shape index (κ1) is 21.0. The van der Waals surface area contributed by atoms with Gasteiger partial charge in [-0.05, 0) is 34.9 Å². The minimum Gasteiger partial charge on any atom is -0.504 e. The van der Waals surface area contributed by atoms with Gasteiger partial charge >= 0.3 is 0 Å². The molecule has 0 spiro atoms. The van der Waals surface area contributed by atoms with Crippen molar-refractivity contribution >= 4 is 22.9 Å². The van der Waals surface area contributed by atoms with E-state index in [4.69, 9.17) is 21.4 Å². The Morgan fingerprint density at radius 3 is 2.42 bits per heavy atom. The number of ether oxygens (including phenoxy) is 1. The number of aromatic hydroxyl groups is 1. The number of hydrogen-bond donors (Lipinski definition) is 1. The van der Waals surface area contributed by atoms with Crippen LogP contribution in [0.2, 0.25) is 5.02 Å². The van der Waals surface area contributed by atoms with Crippen molar-refractivity contribution in [3.05, 3.63) is 107 Å². The molecule has 5 rings (SSSR count). The summed E-state index contributed by atoms with van der Waals surface area (Å²) in [6.07, 6.45) is 2.35. The molecule has 6 heteroatoms. The van der Waals surface area contributed by atoms with E-state index in [0.29, 0.717) is 35.1 Å². The SMILES string of the molecule is COc1ccc(Cn2nc(C3=NC=C(c4ccccc4Cl)C3)c(O)c2-c2ccccc2)cc1. The molecule has 0 radical (unpaired) electrons. The zero-order chi connectivity index (χ0) is 22.8. The summed E-state index contributed by atoms with van der Waals surface area (Å²) >= 11 is 6.38. The van der Waals surface area contributed by atoms with Gasteiger partial charge in [0.05, 0.1) is 19.4 Å². The van der Waals surface area contributed by atoms with E-state index in [1.165, 1.54) is 0 Å². The number of rotatable bonds is 6. The quantitative estimate of drug-likeness (QED) is 0.376. The van der Waals surface area contributed by atoms with E-state index in [1.807, 2.05) is 83.5 Å². The van der Waals surface area contributed by atoms with Gasteiger partial charge in [0.1, 0.15) is 17.1 Å². The van der Waals surface area contributed by atoms with Gasteiger partial charge in [0.2, 0.25) is 0 Å². The lowest BCUT2D eigenvalue weighted by Crippen LogP contribution is -2.06. The largest absolute Gasteiger partial charge is 0.504 e. The van der Waals surface area contributed by atoms with E-state index in [-0.39, 0.29) is 5.75 Å². The molecule has 2 heterocycles. The molecule has 0 aliphatic carbocycles. The molecule has 0 unspecified atom stereocenters. The second-order valence-corrected chi connectivity index (χ2v) is 8.21. The highest BCUT2D eigenvalue weighted by Gasteiger charge is 2.25. The summed E-state index contributed by atoms with van der Waals surface area (Å²) in [6, 6.07) is 25.3. The zero-order valence-corrected chi connectivity index (χ0v) is 18.8. The average Bonchev–Trinajstić information content (AvgIpc) is 3.45. The summed E-state index contributed by atoms with van der Waals surface area (Å²) in [4.78, 5) is 4.59. The van der Waals surface area contributed by atoms with E-state index in [1.54, 1.807) is 13.3 Å². The molecule has 0 atom stereocenters. The monoisotopic (exact) mass is 455 g/mol. The van der Waals surface area contributed by atoms with Crippen LogP contribution in [0.1, 0.15) is 23.2 Å². The summed E-state index contributed by atoms with van der Waals surface area (Å²) in [5.74, 6) is 0.923. The van der Waals surface area contributed by atoms with Gasteiger partial charge < -0.3 is 9.84 Å². The Morgan fingerprint density at radius 1 is 0.970 bits per heavy atom. The van der Waals surface area contributed by atoms with E-state index in [9.17, 15) is 5.11 Å². The highest BCUT2D eigenvalue weighted by molar-refractivity contribution is 6.32. The molecular weight excluding hydrogens is 434 g/mol. The second kappa shape index (κ2) is 8.96. The number of benzene rings is 3. The Bertz CT molecular complexity index is 1360. The fourth-order valence-electron chi connectivity index (χ4n) is 4.01. The van der Waals surface area contributed by atoms with Gasteiger partial charge in [0.25, 0.3) is 0 Å². The van der Waals surface area contributed by atoms with Crippen molar-refractivity contribution < 1.29 is 9.84 Å². The van der Waals surface area contributed by atoms with Gasteiger partial charge in [-0.15, -0.1) is 0 Å². The molecule has 1 N–H and O–H groups in total. The summed E-state index contributed by atoms with van der Waals surface area (Å²) in [7, 11) is 1.65. The van der Waals surface area contributed by atoms with Crippen molar-refractivity contribution in [2.75, 3.05) is 7.11 Å². The number of halogens is 1. The molecule has 5 nitrogen and oxygen atoms in total. The second-order valence-electron chi connectivity index (χ2n) is 7.80. The maximum Gasteiger partial charge on any atom is 0.171 e. The first-order valence-corrected chi connectivity index (χ1v) is 11.0. The number of hydrogen-bond acceptors (Lipinski definition) is 4. The third-order valence-corrected chi connectivity index (χ3v) is 6.02. The maximum atomic E-state index is 11.3. The number of allylic oxidation sites excluding steroid dienone is 1. The summed E-state index contributed by atoms with van der Waals surface area (Å²) in [5, 5.41) is 16.7. The van der Waals surface area contributed by atoms with Crippen LogP contribution in [0.15, 0.2) is 90.1 Å². The zero-order valence-electron chi connectivity index (χ0n) is 18.1. The molecule has 164 valence electrons. The number of nitrogens with zero attached hydrogens (tertiary/aromatic N) is 3. The van der Waals surface area contributed by atoms with Crippen molar-refractivity contribution in [1.29, 1.82) is 0 Å². The normalized spacial score (nSPS) is 13.0. The molecule has 3 aromatic carbocycles. The van der Waals surface area contributed by atoms with Crippen LogP contribution in [0.5, 0.6) is 11.5 Å². The molecule has 4 aromatic rings. The minimum atomic E-state index is 0.127. The Morgan fingerprint density at radius 2 is 1.70 bits per heavy atom. The van der Waals surface area contributed by atoms with Gasteiger partial charge in [-0.3, -0.25) is 9.67 Å². The van der Waals surface area contributed by atoms with Crippen LogP contribution in [-0.2, 0) is 6.54 Å². The highest BCUT2D eigenvalue weighted by atomic mass is 35.5. The van der Waals surface area contributed by atoms with Crippen molar-refractivity contribution in [3.8, 4) is 22.8 Å². The van der Waals surface area contributed by atoms with Gasteiger partial charge in [-0.25, -0.2) is 0 Å². The molecule has 0 saturated heterocycles. The summed E-state index contributed by atoms with van der Waals surface area (Å²) < 4.78 is 7.10. The summed E-state index contributed by atoms with van der Waals surface area (Å²) in [5.41, 5.74) is 5.74. The van der Waals surface area contributed by atoms with E-state index < -0.39 is 0 Å². The smallest absolute Gasteiger partial charge is 0.171 e. The number of aliphatic imine (C=N–C) groups is 1. The lowest BCUT2D eigenvalue weighted by atomic mass is 10.0. The van der Waals surface area contributed by atoms with E-state index >= 15 is 0 Å². The van der Waals surface area contributed by atoms with Crippen molar-refractivity contribution in [2.24, 2.45) is 4.99 Å². The van der Waals surface area contributed by atoms with Gasteiger partial charge in [-0.1, -0.05) is 72.3 Å². The van der Waals surface area contributed by atoms with Crippen LogP contribution in [0.3, 0.4) is 0 Å². The average molecular weight is 456 g/mol. The Balaban J connectivity index is 1.50. The highest BCUT2D eigenvalue weighted by Crippen LogP contribution is 2.37. The molecule has 0 bridgehead atoms. The fourth-order valence-corrected chi connectivity index (χ4v) is 4.26. The molecule has 33 heavy (non-hydrogen) atoms. The van der Waals surface area contributed by atoms with Gasteiger partial charge in [0, 0.05) is 23.2 Å². The lowest BCUT2D eigenvalue weighted by Gasteiger charge is -2.09. The first-order valence-electron chi connectivity index (χ1n) is 10.6. The van der Waals surface area contributed by atoms with E-state index in [0.717, 1.165) is 28.0 Å². The van der Waals surface area contributed by atoms with Crippen LogP contribution < -0.4 is 4.74 Å². The van der Waals surface area contributed by atoms with Gasteiger partial charge in [-0.2, -0.15) is 5.10 Å². The topological polar surface area (TPSA) is 59.6 Å². The van der Waals surface area contributed by atoms with E-state index in [2.05, 4.69) is 4.99 Å². The van der Waals surface area contributed by atoms with Crippen LogP contribution in [0, 0.1) is 0 Å². The Kier molecular flexibility index (Phi) is 5.71. The number of methoxy groups -OCH3 is 1. The van der Waals surface area contributed by atoms with Crippen LogP contribution in [0.25, 0.3) is 16.8 Å². The molecule has 0 fully saturated rings. The standard InChI is InChI=1S/C27H22ClN3O2/c1-33-21-13-11-18(12-14-21)17-31-26(19-7-3-2-4-8-19)27(32)25(30-31)24-15-20(16-29-24)22-9-5-6-10-23(22)28/h2-14,16,32H,15,17H2,1H3. The first-order chi connectivity index (χ1) is 16.1. The molecule has 1 aliphatic heterocycles. The van der Waals surface area contributed by atoms with Crippen molar-refractivity contribution in [3.63, 3.8) is 0 Å². The van der Waals surface area contributed by atoms with Crippen LogP contribution >= 0.6 is 11.6 Å². The van der Waals surface area contributed by atoms with Crippen molar-refractivity contribution in [1.82, 2.24) is 9.78 Å². The predicted octanol–water partition coefficient (Wildman–Crippen LogP) is 6.20. The fraction of sp³-hybridized carbons (Fsp3) is 0.111. The van der Waals surface area contributed by atoms with Crippen LogP contribution in [0.4, 0.5) is 0 Å². The summed E-state index contributed by atoms with van der Waals surface area (Å²) in [6.45, 7) is 0.500. The third-order valence-electron chi connectivity index (χ3n) is 5.69. The predicted molar refractivity (Wildman–Crippen MR) is 132 cm³/mol. The van der Waals surface area contributed by atoms with Crippen molar-refractivity contribution in [2.45, 2.75) is 13.0 Å². The molecular formula is C27H22ClN3O2. The van der Waals surface area contributed by atoms with Gasteiger partial charge in [0.15, 0.2) is 5.75 Å².